The van der Waals surface area contributed by atoms with Crippen molar-refractivity contribution in [3.63, 3.8) is 0 Å². The third kappa shape index (κ3) is 10.5. The van der Waals surface area contributed by atoms with Gasteiger partial charge in [-0.1, -0.05) is 13.0 Å². The van der Waals surface area contributed by atoms with Gasteiger partial charge in [0, 0.05) is 58.8 Å². The highest BCUT2D eigenvalue weighted by Crippen LogP contribution is 2.06. The Hall–Kier alpha value is -2.34. The lowest BCUT2D eigenvalue weighted by molar-refractivity contribution is -0.143. The van der Waals surface area contributed by atoms with Crippen LogP contribution >= 0.6 is 0 Å². The molecule has 11 heteroatoms. The van der Waals surface area contributed by atoms with Crippen molar-refractivity contribution in [2.45, 2.75) is 19.4 Å². The molecule has 1 saturated heterocycles. The lowest BCUT2D eigenvalue weighted by Crippen LogP contribution is -2.51. The van der Waals surface area contributed by atoms with E-state index >= 15 is 0 Å². The van der Waals surface area contributed by atoms with Crippen LogP contribution in [0, 0.1) is 0 Å². The summed E-state index contributed by atoms with van der Waals surface area (Å²) in [6.45, 7) is 8.08. The topological polar surface area (TPSA) is 142 Å². The van der Waals surface area contributed by atoms with Crippen molar-refractivity contribution < 1.29 is 34.5 Å². The molecule has 1 fully saturated rings. The minimum Gasteiger partial charge on any atom is -0.480 e. The Morgan fingerprint density at radius 1 is 0.774 bits per heavy atom. The van der Waals surface area contributed by atoms with E-state index in [4.69, 9.17) is 0 Å². The third-order valence-corrected chi connectivity index (χ3v) is 5.25. The van der Waals surface area contributed by atoms with E-state index in [-0.39, 0.29) is 38.5 Å². The van der Waals surface area contributed by atoms with E-state index < -0.39 is 23.9 Å². The Labute approximate surface area is 182 Å². The first-order valence-electron chi connectivity index (χ1n) is 10.4. The average Bonchev–Trinajstić information content (AvgIpc) is 2.68. The highest BCUT2D eigenvalue weighted by Gasteiger charge is 2.25. The molecular formula is C20H34N4O7. The van der Waals surface area contributed by atoms with Crippen molar-refractivity contribution in [1.82, 2.24) is 19.6 Å². The number of Topliss-reactive ketones (excluding diaryl/α,β-unsaturated/α-hetero) is 1. The molecule has 0 spiro atoms. The Kier molecular flexibility index (Phi) is 11.9. The second kappa shape index (κ2) is 13.9. The van der Waals surface area contributed by atoms with Gasteiger partial charge in [0.05, 0.1) is 19.6 Å². The minimum absolute atomic E-state index is 0.0584. The van der Waals surface area contributed by atoms with Crippen molar-refractivity contribution in [2.75, 3.05) is 72.0 Å². The molecule has 0 radical (unpaired) electrons. The molecule has 31 heavy (non-hydrogen) atoms. The summed E-state index contributed by atoms with van der Waals surface area (Å²) in [5.41, 5.74) is 0. The minimum atomic E-state index is -1.07. The summed E-state index contributed by atoms with van der Waals surface area (Å²) in [6.07, 6.45) is 1.70. The molecule has 0 aromatic rings. The van der Waals surface area contributed by atoms with Crippen LogP contribution in [0.5, 0.6) is 0 Å². The van der Waals surface area contributed by atoms with Gasteiger partial charge < -0.3 is 15.3 Å². The number of hydrogen-bond donors (Lipinski definition) is 3. The standard InChI is InChI=1S/C20H34N4O7/c1-3-16(25)13-21-5-7-22(14-18(26)27)9-11-24(17(4-2)20(30)31)12-10-23(8-6-21)15-19(28)29/h4,17H,2-3,5-15H2,1H3,(H,26,27)(H,28,29)(H,30,31). The summed E-state index contributed by atoms with van der Waals surface area (Å²) in [4.78, 5) is 53.2. The molecule has 0 bridgehead atoms. The second-order valence-corrected chi connectivity index (χ2v) is 7.56. The number of rotatable bonds is 10. The van der Waals surface area contributed by atoms with Gasteiger partial charge in [-0.25, -0.2) is 0 Å². The van der Waals surface area contributed by atoms with Gasteiger partial charge in [-0.15, -0.1) is 6.58 Å². The number of aliphatic carboxylic acids is 3. The van der Waals surface area contributed by atoms with E-state index in [0.717, 1.165) is 0 Å². The van der Waals surface area contributed by atoms with E-state index in [2.05, 4.69) is 6.58 Å². The Balaban J connectivity index is 3.06. The molecule has 1 heterocycles. The van der Waals surface area contributed by atoms with Gasteiger partial charge in [0.15, 0.2) is 0 Å². The highest BCUT2D eigenvalue weighted by molar-refractivity contribution is 5.80. The van der Waals surface area contributed by atoms with E-state index in [1.165, 1.54) is 6.08 Å². The molecule has 0 aromatic heterocycles. The van der Waals surface area contributed by atoms with Gasteiger partial charge in [0.2, 0.25) is 0 Å². The van der Waals surface area contributed by atoms with Gasteiger partial charge in [-0.2, -0.15) is 0 Å². The van der Waals surface area contributed by atoms with Crippen molar-refractivity contribution >= 4 is 23.7 Å². The van der Waals surface area contributed by atoms with Crippen molar-refractivity contribution in [3.05, 3.63) is 12.7 Å². The second-order valence-electron chi connectivity index (χ2n) is 7.56. The Morgan fingerprint density at radius 2 is 1.16 bits per heavy atom. The van der Waals surface area contributed by atoms with Crippen LogP contribution in [0.15, 0.2) is 12.7 Å². The van der Waals surface area contributed by atoms with Crippen LogP contribution in [0.4, 0.5) is 0 Å². The zero-order valence-corrected chi connectivity index (χ0v) is 18.1. The van der Waals surface area contributed by atoms with Gasteiger partial charge in [0.25, 0.3) is 0 Å². The average molecular weight is 443 g/mol. The summed E-state index contributed by atoms with van der Waals surface area (Å²) in [5.74, 6) is -2.98. The fourth-order valence-electron chi connectivity index (χ4n) is 3.45. The molecule has 0 aliphatic carbocycles. The maximum Gasteiger partial charge on any atom is 0.324 e. The molecule has 176 valence electrons. The van der Waals surface area contributed by atoms with Crippen LogP contribution in [-0.4, -0.2) is 137 Å². The Bertz CT molecular complexity index is 611. The molecule has 0 amide bonds. The predicted octanol–water partition coefficient (Wildman–Crippen LogP) is -1.00. The molecule has 1 unspecified atom stereocenters. The monoisotopic (exact) mass is 442 g/mol. The molecule has 1 aliphatic rings. The van der Waals surface area contributed by atoms with Crippen molar-refractivity contribution in [2.24, 2.45) is 0 Å². The summed E-state index contributed by atoms with van der Waals surface area (Å²) < 4.78 is 0. The summed E-state index contributed by atoms with van der Waals surface area (Å²) >= 11 is 0. The number of hydrogen-bond acceptors (Lipinski definition) is 8. The molecule has 1 aliphatic heterocycles. The van der Waals surface area contributed by atoms with E-state index in [1.807, 2.05) is 4.90 Å². The maximum absolute atomic E-state index is 12.0. The largest absolute Gasteiger partial charge is 0.480 e. The zero-order valence-electron chi connectivity index (χ0n) is 18.1. The van der Waals surface area contributed by atoms with Crippen LogP contribution in [0.1, 0.15) is 13.3 Å². The van der Waals surface area contributed by atoms with Gasteiger partial charge in [-0.05, 0) is 0 Å². The number of carbonyl (C=O) groups excluding carboxylic acids is 1. The van der Waals surface area contributed by atoms with Gasteiger partial charge in [0.1, 0.15) is 11.8 Å². The Morgan fingerprint density at radius 3 is 1.48 bits per heavy atom. The first kappa shape index (κ1) is 26.7. The number of carboxylic acid groups (broad SMARTS) is 3. The van der Waals surface area contributed by atoms with Crippen LogP contribution in [0.2, 0.25) is 0 Å². The normalized spacial score (nSPS) is 19.6. The molecule has 3 N–H and O–H groups in total. The molecule has 1 atom stereocenters. The number of carbonyl (C=O) groups is 4. The zero-order chi connectivity index (χ0) is 23.4. The first-order chi connectivity index (χ1) is 14.7. The van der Waals surface area contributed by atoms with Crippen molar-refractivity contribution in [3.8, 4) is 0 Å². The SMILES string of the molecule is C=CC(C(=O)O)N1CCN(CC(=O)O)CCN(CC(=O)CC)CCN(CC(=O)O)CC1. The van der Waals surface area contributed by atoms with Crippen LogP contribution in [0.3, 0.4) is 0 Å². The summed E-state index contributed by atoms with van der Waals surface area (Å²) in [5, 5.41) is 28.0. The van der Waals surface area contributed by atoms with Crippen LogP contribution < -0.4 is 0 Å². The fourth-order valence-corrected chi connectivity index (χ4v) is 3.45. The van der Waals surface area contributed by atoms with Gasteiger partial charge >= 0.3 is 17.9 Å². The first-order valence-corrected chi connectivity index (χ1v) is 10.4. The molecule has 0 aromatic carbocycles. The van der Waals surface area contributed by atoms with E-state index in [9.17, 15) is 34.5 Å². The van der Waals surface area contributed by atoms with Crippen molar-refractivity contribution in [1.29, 1.82) is 0 Å². The van der Waals surface area contributed by atoms with Crippen LogP contribution in [0.25, 0.3) is 0 Å². The summed E-state index contributed by atoms with van der Waals surface area (Å²) in [6, 6.07) is -0.958. The number of carboxylic acids is 3. The maximum atomic E-state index is 12.0. The highest BCUT2D eigenvalue weighted by atomic mass is 16.4. The molecule has 1 rings (SSSR count). The molecular weight excluding hydrogens is 408 g/mol. The fraction of sp³-hybridized carbons (Fsp3) is 0.700. The number of nitrogens with zero attached hydrogens (tertiary/aromatic N) is 4. The predicted molar refractivity (Wildman–Crippen MR) is 113 cm³/mol. The van der Waals surface area contributed by atoms with Gasteiger partial charge in [-0.3, -0.25) is 38.8 Å². The molecule has 11 nitrogen and oxygen atoms in total. The quantitative estimate of drug-likeness (QED) is 0.358. The van der Waals surface area contributed by atoms with Crippen LogP contribution in [-0.2, 0) is 19.2 Å². The lowest BCUT2D eigenvalue weighted by atomic mass is 10.2. The molecule has 0 saturated carbocycles. The lowest BCUT2D eigenvalue weighted by Gasteiger charge is -2.34. The smallest absolute Gasteiger partial charge is 0.324 e. The van der Waals surface area contributed by atoms with E-state index in [0.29, 0.717) is 45.7 Å². The summed E-state index contributed by atoms with van der Waals surface area (Å²) in [7, 11) is 0. The third-order valence-electron chi connectivity index (χ3n) is 5.25. The van der Waals surface area contributed by atoms with E-state index in [1.54, 1.807) is 21.6 Å². The number of ketones is 1.